The maximum Gasteiger partial charge on any atom is 0.321 e. The molecule has 22 heavy (non-hydrogen) atoms. The third-order valence-electron chi connectivity index (χ3n) is 4.26. The van der Waals surface area contributed by atoms with Crippen molar-refractivity contribution < 1.29 is 14.5 Å². The van der Waals surface area contributed by atoms with Crippen molar-refractivity contribution in [3.05, 3.63) is 35.9 Å². The number of nitrogens with one attached hydrogen (secondary N) is 3. The SMILES string of the molecule is CNC(=O)NC(=O)[C@H](c1ccccc1)[NH+]1CCCCCCC1. The summed E-state index contributed by atoms with van der Waals surface area (Å²) in [5, 5.41) is 4.90. The monoisotopic (exact) mass is 304 g/mol. The quantitative estimate of drug-likeness (QED) is 0.781. The van der Waals surface area contributed by atoms with Gasteiger partial charge in [-0.25, -0.2) is 4.79 Å². The first-order valence-electron chi connectivity index (χ1n) is 8.14. The van der Waals surface area contributed by atoms with Crippen molar-refractivity contribution in [2.75, 3.05) is 20.1 Å². The molecule has 1 saturated heterocycles. The lowest BCUT2D eigenvalue weighted by molar-refractivity contribution is -0.923. The second-order valence-electron chi connectivity index (χ2n) is 5.84. The summed E-state index contributed by atoms with van der Waals surface area (Å²) in [6.45, 7) is 1.95. The van der Waals surface area contributed by atoms with Crippen LogP contribution in [-0.4, -0.2) is 32.1 Å². The molecular weight excluding hydrogens is 278 g/mol. The summed E-state index contributed by atoms with van der Waals surface area (Å²) in [5.41, 5.74) is 0.972. The third-order valence-corrected chi connectivity index (χ3v) is 4.26. The Morgan fingerprint density at radius 1 is 1.00 bits per heavy atom. The van der Waals surface area contributed by atoms with Gasteiger partial charge in [0, 0.05) is 12.6 Å². The molecule has 1 aliphatic rings. The van der Waals surface area contributed by atoms with Crippen molar-refractivity contribution in [3.63, 3.8) is 0 Å². The molecule has 0 unspecified atom stereocenters. The Hall–Kier alpha value is -1.88. The van der Waals surface area contributed by atoms with E-state index in [1.807, 2.05) is 30.3 Å². The Kier molecular flexibility index (Phi) is 6.40. The molecule has 120 valence electrons. The molecule has 0 aliphatic carbocycles. The average Bonchev–Trinajstić information content (AvgIpc) is 2.50. The van der Waals surface area contributed by atoms with Gasteiger partial charge in [-0.3, -0.25) is 10.1 Å². The summed E-state index contributed by atoms with van der Waals surface area (Å²) in [6, 6.07) is 9.01. The van der Waals surface area contributed by atoms with Crippen molar-refractivity contribution in [3.8, 4) is 0 Å². The molecule has 2 rings (SSSR count). The van der Waals surface area contributed by atoms with Crippen LogP contribution in [0.25, 0.3) is 0 Å². The van der Waals surface area contributed by atoms with E-state index in [2.05, 4.69) is 10.6 Å². The third kappa shape index (κ3) is 4.56. The van der Waals surface area contributed by atoms with Crippen LogP contribution in [0.5, 0.6) is 0 Å². The van der Waals surface area contributed by atoms with E-state index in [9.17, 15) is 9.59 Å². The molecule has 1 atom stereocenters. The molecule has 0 saturated carbocycles. The van der Waals surface area contributed by atoms with Crippen LogP contribution < -0.4 is 15.5 Å². The number of imide groups is 1. The van der Waals surface area contributed by atoms with Gasteiger partial charge in [-0.05, 0) is 25.7 Å². The van der Waals surface area contributed by atoms with Gasteiger partial charge in [0.1, 0.15) is 0 Å². The van der Waals surface area contributed by atoms with Gasteiger partial charge >= 0.3 is 6.03 Å². The fourth-order valence-electron chi connectivity index (χ4n) is 3.11. The number of hydrogen-bond acceptors (Lipinski definition) is 2. The smallest absolute Gasteiger partial charge is 0.321 e. The molecule has 0 bridgehead atoms. The average molecular weight is 304 g/mol. The molecule has 5 nitrogen and oxygen atoms in total. The second kappa shape index (κ2) is 8.54. The van der Waals surface area contributed by atoms with Gasteiger partial charge in [0.05, 0.1) is 13.1 Å². The fourth-order valence-corrected chi connectivity index (χ4v) is 3.11. The van der Waals surface area contributed by atoms with Gasteiger partial charge in [-0.1, -0.05) is 36.8 Å². The standard InChI is InChI=1S/C17H25N3O2/c1-18-17(22)19-16(21)15(14-10-6-5-7-11-14)20-12-8-3-2-4-9-13-20/h5-7,10-11,15H,2-4,8-9,12-13H2,1H3,(H2,18,19,21,22)/p+1/t15-/m0/s1. The van der Waals surface area contributed by atoms with Crippen LogP contribution in [0.4, 0.5) is 4.79 Å². The molecule has 3 amide bonds. The van der Waals surface area contributed by atoms with Gasteiger partial charge in [0.25, 0.3) is 5.91 Å². The van der Waals surface area contributed by atoms with Crippen LogP contribution >= 0.6 is 0 Å². The van der Waals surface area contributed by atoms with E-state index in [4.69, 9.17) is 0 Å². The highest BCUT2D eigenvalue weighted by Gasteiger charge is 2.32. The van der Waals surface area contributed by atoms with Gasteiger partial charge in [-0.15, -0.1) is 0 Å². The van der Waals surface area contributed by atoms with Gasteiger partial charge in [0.2, 0.25) is 0 Å². The lowest BCUT2D eigenvalue weighted by Crippen LogP contribution is -3.13. The summed E-state index contributed by atoms with van der Waals surface area (Å²) in [5.74, 6) is -0.221. The van der Waals surface area contributed by atoms with Crippen molar-refractivity contribution in [1.82, 2.24) is 10.6 Å². The molecular formula is C17H26N3O2+. The zero-order chi connectivity index (χ0) is 15.8. The number of carbonyl (C=O) groups excluding carboxylic acids is 2. The number of quaternary nitrogens is 1. The van der Waals surface area contributed by atoms with E-state index in [1.54, 1.807) is 0 Å². The number of likely N-dealkylation sites (tertiary alicyclic amines) is 1. The Morgan fingerprint density at radius 3 is 2.18 bits per heavy atom. The lowest BCUT2D eigenvalue weighted by Gasteiger charge is -2.29. The minimum absolute atomic E-state index is 0.221. The highest BCUT2D eigenvalue weighted by atomic mass is 16.2. The molecule has 1 aromatic carbocycles. The molecule has 3 N–H and O–H groups in total. The zero-order valence-electron chi connectivity index (χ0n) is 13.2. The molecule has 0 aromatic heterocycles. The summed E-state index contributed by atoms with van der Waals surface area (Å²) in [7, 11) is 1.52. The van der Waals surface area contributed by atoms with E-state index in [1.165, 1.54) is 31.2 Å². The maximum absolute atomic E-state index is 12.6. The Labute approximate surface area is 132 Å². The summed E-state index contributed by atoms with van der Waals surface area (Å²) in [6.07, 6.45) is 6.00. The Bertz CT molecular complexity index is 482. The fraction of sp³-hybridized carbons (Fsp3) is 0.529. The van der Waals surface area contributed by atoms with Gasteiger partial charge in [0.15, 0.2) is 6.04 Å². The molecule has 1 heterocycles. The molecule has 0 radical (unpaired) electrons. The molecule has 0 spiro atoms. The predicted octanol–water partition coefficient (Wildman–Crippen LogP) is 1.03. The van der Waals surface area contributed by atoms with Crippen LogP contribution in [0.3, 0.4) is 0 Å². The molecule has 5 heteroatoms. The Morgan fingerprint density at radius 2 is 1.59 bits per heavy atom. The summed E-state index contributed by atoms with van der Waals surface area (Å²) < 4.78 is 0. The highest BCUT2D eigenvalue weighted by molar-refractivity contribution is 5.96. The minimum Gasteiger partial charge on any atom is -0.341 e. The molecule has 1 fully saturated rings. The van der Waals surface area contributed by atoms with Crippen molar-refractivity contribution in [1.29, 1.82) is 0 Å². The van der Waals surface area contributed by atoms with Crippen LogP contribution in [0, 0.1) is 0 Å². The van der Waals surface area contributed by atoms with E-state index in [0.717, 1.165) is 31.5 Å². The van der Waals surface area contributed by atoms with E-state index in [0.29, 0.717) is 0 Å². The van der Waals surface area contributed by atoms with Crippen LogP contribution in [0.2, 0.25) is 0 Å². The van der Waals surface area contributed by atoms with E-state index < -0.39 is 6.03 Å². The van der Waals surface area contributed by atoms with Crippen molar-refractivity contribution >= 4 is 11.9 Å². The second-order valence-corrected chi connectivity index (χ2v) is 5.84. The molecule has 1 aliphatic heterocycles. The van der Waals surface area contributed by atoms with E-state index in [-0.39, 0.29) is 11.9 Å². The van der Waals surface area contributed by atoms with Gasteiger partial charge in [-0.2, -0.15) is 0 Å². The number of carbonyl (C=O) groups is 2. The largest absolute Gasteiger partial charge is 0.341 e. The lowest BCUT2D eigenvalue weighted by atomic mass is 10.0. The number of benzene rings is 1. The van der Waals surface area contributed by atoms with Crippen LogP contribution in [0.1, 0.15) is 43.7 Å². The van der Waals surface area contributed by atoms with E-state index >= 15 is 0 Å². The Balaban J connectivity index is 2.20. The predicted molar refractivity (Wildman–Crippen MR) is 85.6 cm³/mol. The van der Waals surface area contributed by atoms with Crippen molar-refractivity contribution in [2.45, 2.75) is 38.1 Å². The molecule has 1 aromatic rings. The number of amides is 3. The van der Waals surface area contributed by atoms with Crippen molar-refractivity contribution in [2.24, 2.45) is 0 Å². The number of hydrogen-bond donors (Lipinski definition) is 3. The van der Waals surface area contributed by atoms with Crippen LogP contribution in [-0.2, 0) is 4.79 Å². The zero-order valence-corrected chi connectivity index (χ0v) is 13.2. The topological polar surface area (TPSA) is 62.6 Å². The highest BCUT2D eigenvalue weighted by Crippen LogP contribution is 2.12. The maximum atomic E-state index is 12.6. The number of rotatable bonds is 3. The van der Waals surface area contributed by atoms with Crippen LogP contribution in [0.15, 0.2) is 30.3 Å². The first-order chi connectivity index (χ1) is 10.7. The summed E-state index contributed by atoms with van der Waals surface area (Å²) >= 11 is 0. The first kappa shape index (κ1) is 16.5. The van der Waals surface area contributed by atoms with Gasteiger partial charge < -0.3 is 10.2 Å². The summed E-state index contributed by atoms with van der Waals surface area (Å²) in [4.78, 5) is 25.4. The number of urea groups is 1. The minimum atomic E-state index is -0.447. The first-order valence-corrected chi connectivity index (χ1v) is 8.14. The normalized spacial score (nSPS) is 17.9.